The average Bonchev–Trinajstić information content (AvgIpc) is 3.16. The summed E-state index contributed by atoms with van der Waals surface area (Å²) in [5, 5.41) is 5.18. The van der Waals surface area contributed by atoms with Crippen LogP contribution in [0, 0.1) is 0 Å². The lowest BCUT2D eigenvalue weighted by Gasteiger charge is -2.21. The molecule has 0 saturated carbocycles. The summed E-state index contributed by atoms with van der Waals surface area (Å²) in [6.07, 6.45) is 7.41. The lowest BCUT2D eigenvalue weighted by Crippen LogP contribution is -2.39. The smallest absolute Gasteiger partial charge is 0.0456 e. The first-order chi connectivity index (χ1) is 9.92. The van der Waals surface area contributed by atoms with Crippen molar-refractivity contribution in [1.29, 1.82) is 0 Å². The molecule has 2 fully saturated rings. The zero-order valence-corrected chi connectivity index (χ0v) is 11.9. The third-order valence-electron chi connectivity index (χ3n) is 5.08. The van der Waals surface area contributed by atoms with Crippen LogP contribution in [0.3, 0.4) is 0 Å². The molecule has 1 aromatic heterocycles. The molecule has 3 heterocycles. The first-order valence-electron chi connectivity index (χ1n) is 7.94. The van der Waals surface area contributed by atoms with Crippen LogP contribution in [0.15, 0.2) is 30.5 Å². The van der Waals surface area contributed by atoms with E-state index in [9.17, 15) is 0 Å². The van der Waals surface area contributed by atoms with Gasteiger partial charge in [-0.2, -0.15) is 0 Å². The number of nitrogens with one attached hydrogen (secondary N) is 2. The van der Waals surface area contributed by atoms with Crippen LogP contribution in [-0.2, 0) is 6.42 Å². The van der Waals surface area contributed by atoms with Gasteiger partial charge in [-0.25, -0.2) is 0 Å². The van der Waals surface area contributed by atoms with E-state index in [4.69, 9.17) is 0 Å². The summed E-state index contributed by atoms with van der Waals surface area (Å²) in [6.45, 7) is 3.72. The van der Waals surface area contributed by atoms with Crippen LogP contribution in [0.25, 0.3) is 10.9 Å². The molecule has 0 amide bonds. The number of nitrogens with zero attached hydrogens (tertiary/aromatic N) is 1. The highest BCUT2D eigenvalue weighted by Gasteiger charge is 2.36. The first-order valence-corrected chi connectivity index (χ1v) is 7.94. The van der Waals surface area contributed by atoms with Crippen molar-refractivity contribution < 1.29 is 0 Å². The molecule has 2 saturated heterocycles. The molecule has 4 rings (SSSR count). The molecule has 2 atom stereocenters. The van der Waals surface area contributed by atoms with Gasteiger partial charge in [0.05, 0.1) is 0 Å². The molecule has 0 radical (unpaired) electrons. The molecule has 0 aliphatic carbocycles. The molecular weight excluding hydrogens is 246 g/mol. The zero-order chi connectivity index (χ0) is 13.4. The van der Waals surface area contributed by atoms with Crippen LogP contribution in [0.4, 0.5) is 0 Å². The molecule has 2 aromatic rings. The number of H-pyrrole nitrogens is 1. The molecule has 20 heavy (non-hydrogen) atoms. The Hall–Kier alpha value is -1.32. The number of aromatic amines is 1. The molecule has 0 spiro atoms. The van der Waals surface area contributed by atoms with Crippen LogP contribution < -0.4 is 5.32 Å². The Kier molecular flexibility index (Phi) is 3.25. The number of hydrogen-bond donors (Lipinski definition) is 2. The third kappa shape index (κ3) is 2.15. The molecule has 106 valence electrons. The highest BCUT2D eigenvalue weighted by atomic mass is 15.2. The minimum Gasteiger partial charge on any atom is -0.361 e. The molecule has 0 bridgehead atoms. The molecule has 2 aliphatic heterocycles. The van der Waals surface area contributed by atoms with E-state index in [-0.39, 0.29) is 0 Å². The number of aromatic nitrogens is 1. The van der Waals surface area contributed by atoms with Crippen molar-refractivity contribution in [3.63, 3.8) is 0 Å². The zero-order valence-electron chi connectivity index (χ0n) is 11.9. The monoisotopic (exact) mass is 269 g/mol. The molecule has 2 N–H and O–H groups in total. The lowest BCUT2D eigenvalue weighted by molar-refractivity contribution is 0.299. The second-order valence-corrected chi connectivity index (χ2v) is 6.20. The third-order valence-corrected chi connectivity index (χ3v) is 5.08. The van der Waals surface area contributed by atoms with Gasteiger partial charge in [0.2, 0.25) is 0 Å². The van der Waals surface area contributed by atoms with Gasteiger partial charge in [0.25, 0.3) is 0 Å². The normalized spacial score (nSPS) is 26.4. The van der Waals surface area contributed by atoms with Crippen molar-refractivity contribution in [1.82, 2.24) is 15.2 Å². The number of hydrogen-bond acceptors (Lipinski definition) is 2. The summed E-state index contributed by atoms with van der Waals surface area (Å²) in [7, 11) is 0. The number of rotatable bonds is 4. The largest absolute Gasteiger partial charge is 0.361 e. The van der Waals surface area contributed by atoms with Crippen molar-refractivity contribution in [2.75, 3.05) is 19.6 Å². The van der Waals surface area contributed by atoms with Crippen molar-refractivity contribution in [2.45, 2.75) is 37.8 Å². The fraction of sp³-hybridized carbons (Fsp3) is 0.529. The van der Waals surface area contributed by atoms with Crippen LogP contribution in [0.2, 0.25) is 0 Å². The van der Waals surface area contributed by atoms with Gasteiger partial charge in [-0.15, -0.1) is 0 Å². The Morgan fingerprint density at radius 1 is 1.20 bits per heavy atom. The van der Waals surface area contributed by atoms with Crippen molar-refractivity contribution in [3.8, 4) is 0 Å². The average molecular weight is 269 g/mol. The van der Waals surface area contributed by atoms with Crippen molar-refractivity contribution in [3.05, 3.63) is 36.0 Å². The predicted molar refractivity (Wildman–Crippen MR) is 83.0 cm³/mol. The molecule has 3 nitrogen and oxygen atoms in total. The fourth-order valence-corrected chi connectivity index (χ4v) is 4.05. The van der Waals surface area contributed by atoms with Gasteiger partial charge in [0.15, 0.2) is 0 Å². The van der Waals surface area contributed by atoms with E-state index >= 15 is 0 Å². The summed E-state index contributed by atoms with van der Waals surface area (Å²) in [6, 6.07) is 10.1. The quantitative estimate of drug-likeness (QED) is 0.893. The first kappa shape index (κ1) is 12.4. The Labute approximate surface area is 120 Å². The summed E-state index contributed by atoms with van der Waals surface area (Å²) in [5.41, 5.74) is 2.69. The van der Waals surface area contributed by atoms with Gasteiger partial charge in [-0.1, -0.05) is 18.2 Å². The minimum absolute atomic E-state index is 0.725. The van der Waals surface area contributed by atoms with E-state index in [1.807, 2.05) is 0 Å². The van der Waals surface area contributed by atoms with E-state index in [0.717, 1.165) is 25.0 Å². The van der Waals surface area contributed by atoms with Crippen LogP contribution in [0.1, 0.15) is 24.8 Å². The minimum atomic E-state index is 0.725. The highest BCUT2D eigenvalue weighted by Crippen LogP contribution is 2.27. The van der Waals surface area contributed by atoms with E-state index in [0.29, 0.717) is 0 Å². The van der Waals surface area contributed by atoms with Gasteiger partial charge in [-0.3, -0.25) is 4.90 Å². The van der Waals surface area contributed by atoms with Gasteiger partial charge in [-0.05, 0) is 50.4 Å². The summed E-state index contributed by atoms with van der Waals surface area (Å²) in [4.78, 5) is 6.04. The second-order valence-electron chi connectivity index (χ2n) is 6.20. The molecule has 1 aromatic carbocycles. The number of para-hydroxylation sites is 1. The van der Waals surface area contributed by atoms with E-state index in [1.165, 1.54) is 48.8 Å². The Morgan fingerprint density at radius 2 is 2.15 bits per heavy atom. The van der Waals surface area contributed by atoms with Crippen molar-refractivity contribution in [2.24, 2.45) is 0 Å². The van der Waals surface area contributed by atoms with Gasteiger partial charge in [0, 0.05) is 35.7 Å². The van der Waals surface area contributed by atoms with E-state index in [1.54, 1.807) is 0 Å². The standard InChI is InChI=1S/C17H23N3/c1-2-5-15-14(4-1)13(12-19-15)7-9-18-16-8-11-20-10-3-6-17(16)20/h1-2,4-5,12,16-19H,3,6-11H2. The Bertz CT molecular complexity index is 589. The van der Waals surface area contributed by atoms with Gasteiger partial charge in [0.1, 0.15) is 0 Å². The molecule has 2 unspecified atom stereocenters. The van der Waals surface area contributed by atoms with E-state index in [2.05, 4.69) is 45.7 Å². The van der Waals surface area contributed by atoms with E-state index < -0.39 is 0 Å². The second kappa shape index (κ2) is 5.23. The topological polar surface area (TPSA) is 31.1 Å². The van der Waals surface area contributed by atoms with Gasteiger partial charge < -0.3 is 10.3 Å². The maximum atomic E-state index is 3.80. The van der Waals surface area contributed by atoms with Gasteiger partial charge >= 0.3 is 0 Å². The molecule has 3 heteroatoms. The van der Waals surface area contributed by atoms with Crippen LogP contribution >= 0.6 is 0 Å². The summed E-state index contributed by atoms with van der Waals surface area (Å²) in [5.74, 6) is 0. The molecular formula is C17H23N3. The summed E-state index contributed by atoms with van der Waals surface area (Å²) >= 11 is 0. The van der Waals surface area contributed by atoms with Crippen molar-refractivity contribution >= 4 is 10.9 Å². The lowest BCUT2D eigenvalue weighted by atomic mass is 10.1. The SMILES string of the molecule is c1ccc2c(CCNC3CCN4CCCC34)c[nH]c2c1. The maximum absolute atomic E-state index is 3.80. The summed E-state index contributed by atoms with van der Waals surface area (Å²) < 4.78 is 0. The van der Waals surface area contributed by atoms with Crippen LogP contribution in [0.5, 0.6) is 0 Å². The Morgan fingerprint density at radius 3 is 3.15 bits per heavy atom. The Balaban J connectivity index is 1.37. The predicted octanol–water partition coefficient (Wildman–Crippen LogP) is 2.54. The molecule has 2 aliphatic rings. The number of fused-ring (bicyclic) bond motifs is 2. The van der Waals surface area contributed by atoms with Crippen LogP contribution in [-0.4, -0.2) is 41.6 Å². The maximum Gasteiger partial charge on any atom is 0.0456 e. The fourth-order valence-electron chi connectivity index (χ4n) is 4.05. The number of benzene rings is 1. The highest BCUT2D eigenvalue weighted by molar-refractivity contribution is 5.83.